The zero-order chi connectivity index (χ0) is 14.9. The van der Waals surface area contributed by atoms with Crippen LogP contribution in [0.25, 0.3) is 0 Å². The fraction of sp³-hybridized carbons (Fsp3) is 0.278. The molecule has 0 unspecified atom stereocenters. The van der Waals surface area contributed by atoms with Gasteiger partial charge in [-0.25, -0.2) is 0 Å². The Hall–Kier alpha value is -2.13. The highest BCUT2D eigenvalue weighted by molar-refractivity contribution is 5.71. The summed E-state index contributed by atoms with van der Waals surface area (Å²) in [5, 5.41) is 0. The van der Waals surface area contributed by atoms with E-state index in [1.165, 1.54) is 5.56 Å². The van der Waals surface area contributed by atoms with Crippen molar-refractivity contribution < 1.29 is 9.53 Å². The third kappa shape index (κ3) is 5.79. The molecule has 0 spiro atoms. The fourth-order valence-electron chi connectivity index (χ4n) is 2.05. The molecule has 0 fully saturated rings. The standard InChI is InChI=1S/C18H21NO2/c1-19(13-12-16-8-4-2-5-9-16)14-18(20)21-15-17-10-6-3-7-11-17/h2-11H,12-15H2,1H3. The van der Waals surface area contributed by atoms with Crippen LogP contribution in [0.15, 0.2) is 60.7 Å². The monoisotopic (exact) mass is 283 g/mol. The Bertz CT molecular complexity index is 540. The van der Waals surface area contributed by atoms with Gasteiger partial charge in [0.1, 0.15) is 6.61 Å². The van der Waals surface area contributed by atoms with Crippen molar-refractivity contribution in [3.63, 3.8) is 0 Å². The highest BCUT2D eigenvalue weighted by Gasteiger charge is 2.08. The van der Waals surface area contributed by atoms with E-state index in [0.717, 1.165) is 18.5 Å². The van der Waals surface area contributed by atoms with Crippen molar-refractivity contribution in [2.24, 2.45) is 0 Å². The third-order valence-electron chi connectivity index (χ3n) is 3.27. The summed E-state index contributed by atoms with van der Waals surface area (Å²) in [5.74, 6) is -0.186. The van der Waals surface area contributed by atoms with E-state index in [0.29, 0.717) is 13.2 Å². The van der Waals surface area contributed by atoms with Crippen LogP contribution in [-0.4, -0.2) is 31.0 Å². The van der Waals surface area contributed by atoms with E-state index >= 15 is 0 Å². The molecule has 2 rings (SSSR count). The number of benzene rings is 2. The number of rotatable bonds is 7. The SMILES string of the molecule is CN(CCc1ccccc1)CC(=O)OCc1ccccc1. The molecule has 0 aliphatic heterocycles. The summed E-state index contributed by atoms with van der Waals surface area (Å²) < 4.78 is 5.27. The molecule has 110 valence electrons. The Morgan fingerprint density at radius 1 is 0.952 bits per heavy atom. The highest BCUT2D eigenvalue weighted by atomic mass is 16.5. The van der Waals surface area contributed by atoms with Gasteiger partial charge in [0.05, 0.1) is 6.54 Å². The maximum atomic E-state index is 11.8. The normalized spacial score (nSPS) is 10.6. The fourth-order valence-corrected chi connectivity index (χ4v) is 2.05. The van der Waals surface area contributed by atoms with Crippen molar-refractivity contribution >= 4 is 5.97 Å². The van der Waals surface area contributed by atoms with Gasteiger partial charge in [-0.1, -0.05) is 60.7 Å². The van der Waals surface area contributed by atoms with Crippen LogP contribution in [0, 0.1) is 0 Å². The molecule has 21 heavy (non-hydrogen) atoms. The molecular weight excluding hydrogens is 262 g/mol. The zero-order valence-electron chi connectivity index (χ0n) is 12.4. The highest BCUT2D eigenvalue weighted by Crippen LogP contribution is 2.02. The van der Waals surface area contributed by atoms with Gasteiger partial charge in [0.15, 0.2) is 0 Å². The van der Waals surface area contributed by atoms with Gasteiger partial charge >= 0.3 is 5.97 Å². The molecule has 0 saturated carbocycles. The molecule has 0 amide bonds. The molecule has 0 saturated heterocycles. The van der Waals surface area contributed by atoms with Crippen LogP contribution >= 0.6 is 0 Å². The number of carbonyl (C=O) groups excluding carboxylic acids is 1. The van der Waals surface area contributed by atoms with E-state index in [-0.39, 0.29) is 5.97 Å². The minimum Gasteiger partial charge on any atom is -0.460 e. The van der Waals surface area contributed by atoms with E-state index in [1.807, 2.05) is 60.5 Å². The second-order valence-electron chi connectivity index (χ2n) is 5.12. The first-order chi connectivity index (χ1) is 10.2. The van der Waals surface area contributed by atoms with Crippen molar-refractivity contribution in [2.75, 3.05) is 20.1 Å². The van der Waals surface area contributed by atoms with Gasteiger partial charge in [-0.05, 0) is 24.6 Å². The van der Waals surface area contributed by atoms with Crippen LogP contribution in [0.4, 0.5) is 0 Å². The first-order valence-corrected chi connectivity index (χ1v) is 7.16. The molecular formula is C18H21NO2. The van der Waals surface area contributed by atoms with Gasteiger partial charge in [0.25, 0.3) is 0 Å². The summed E-state index contributed by atoms with van der Waals surface area (Å²) in [4.78, 5) is 13.8. The lowest BCUT2D eigenvalue weighted by Crippen LogP contribution is -2.29. The topological polar surface area (TPSA) is 29.5 Å². The lowest BCUT2D eigenvalue weighted by Gasteiger charge is -2.15. The van der Waals surface area contributed by atoms with Crippen molar-refractivity contribution in [3.05, 3.63) is 71.8 Å². The van der Waals surface area contributed by atoms with E-state index in [1.54, 1.807) is 0 Å². The Morgan fingerprint density at radius 2 is 1.52 bits per heavy atom. The van der Waals surface area contributed by atoms with Crippen molar-refractivity contribution in [2.45, 2.75) is 13.0 Å². The van der Waals surface area contributed by atoms with Gasteiger partial charge in [-0.2, -0.15) is 0 Å². The molecule has 3 nitrogen and oxygen atoms in total. The predicted octanol–water partition coefficient (Wildman–Crippen LogP) is 2.90. The molecule has 0 bridgehead atoms. The second kappa shape index (κ2) is 8.22. The van der Waals surface area contributed by atoms with E-state index in [2.05, 4.69) is 12.1 Å². The summed E-state index contributed by atoms with van der Waals surface area (Å²) in [6.45, 7) is 1.50. The first kappa shape index (κ1) is 15.3. The molecule has 0 N–H and O–H groups in total. The predicted molar refractivity (Wildman–Crippen MR) is 83.9 cm³/mol. The average Bonchev–Trinajstić information content (AvgIpc) is 2.53. The summed E-state index contributed by atoms with van der Waals surface area (Å²) in [6.07, 6.45) is 0.934. The lowest BCUT2D eigenvalue weighted by atomic mass is 10.1. The molecule has 0 aliphatic carbocycles. The van der Waals surface area contributed by atoms with Crippen LogP contribution in [0.5, 0.6) is 0 Å². The van der Waals surface area contributed by atoms with Gasteiger partial charge in [0, 0.05) is 6.54 Å². The average molecular weight is 283 g/mol. The summed E-state index contributed by atoms with van der Waals surface area (Å²) >= 11 is 0. The number of nitrogens with zero attached hydrogens (tertiary/aromatic N) is 1. The third-order valence-corrected chi connectivity index (χ3v) is 3.27. The van der Waals surface area contributed by atoms with Crippen LogP contribution in [0.2, 0.25) is 0 Å². The Labute approximate surface area is 126 Å². The smallest absolute Gasteiger partial charge is 0.320 e. The largest absolute Gasteiger partial charge is 0.460 e. The molecule has 0 atom stereocenters. The Balaban J connectivity index is 1.67. The molecule has 2 aromatic carbocycles. The summed E-state index contributed by atoms with van der Waals surface area (Å²) in [7, 11) is 1.94. The van der Waals surface area contributed by atoms with Gasteiger partial charge in [-0.3, -0.25) is 9.69 Å². The van der Waals surface area contributed by atoms with Gasteiger partial charge in [0.2, 0.25) is 0 Å². The number of esters is 1. The minimum atomic E-state index is -0.186. The number of hydrogen-bond donors (Lipinski definition) is 0. The van der Waals surface area contributed by atoms with Crippen LogP contribution in [-0.2, 0) is 22.6 Å². The quantitative estimate of drug-likeness (QED) is 0.732. The first-order valence-electron chi connectivity index (χ1n) is 7.16. The van der Waals surface area contributed by atoms with Crippen molar-refractivity contribution in [1.29, 1.82) is 0 Å². The molecule has 0 heterocycles. The minimum absolute atomic E-state index is 0.186. The molecule has 0 aromatic heterocycles. The van der Waals surface area contributed by atoms with E-state index in [4.69, 9.17) is 4.74 Å². The molecule has 2 aromatic rings. The van der Waals surface area contributed by atoms with E-state index in [9.17, 15) is 4.79 Å². The molecule has 0 radical (unpaired) electrons. The van der Waals surface area contributed by atoms with Crippen LogP contribution < -0.4 is 0 Å². The summed E-state index contributed by atoms with van der Waals surface area (Å²) in [5.41, 5.74) is 2.29. The maximum absolute atomic E-state index is 11.8. The Kier molecular flexibility index (Phi) is 5.98. The second-order valence-corrected chi connectivity index (χ2v) is 5.12. The number of likely N-dealkylation sites (N-methyl/N-ethyl adjacent to an activating group) is 1. The van der Waals surface area contributed by atoms with E-state index < -0.39 is 0 Å². The maximum Gasteiger partial charge on any atom is 0.320 e. The summed E-state index contributed by atoms with van der Waals surface area (Å²) in [6, 6.07) is 20.0. The van der Waals surface area contributed by atoms with Crippen molar-refractivity contribution in [3.8, 4) is 0 Å². The Morgan fingerprint density at radius 3 is 2.14 bits per heavy atom. The number of carbonyl (C=O) groups is 1. The van der Waals surface area contributed by atoms with Crippen LogP contribution in [0.3, 0.4) is 0 Å². The molecule has 3 heteroatoms. The van der Waals surface area contributed by atoms with Gasteiger partial charge in [-0.15, -0.1) is 0 Å². The number of ether oxygens (including phenoxy) is 1. The van der Waals surface area contributed by atoms with Gasteiger partial charge < -0.3 is 4.74 Å². The van der Waals surface area contributed by atoms with Crippen LogP contribution in [0.1, 0.15) is 11.1 Å². The number of hydrogen-bond acceptors (Lipinski definition) is 3. The van der Waals surface area contributed by atoms with Crippen molar-refractivity contribution in [1.82, 2.24) is 4.90 Å². The molecule has 0 aliphatic rings. The zero-order valence-corrected chi connectivity index (χ0v) is 12.4. The lowest BCUT2D eigenvalue weighted by molar-refractivity contribution is -0.145.